The average Bonchev–Trinajstić information content (AvgIpc) is 3.42. The van der Waals surface area contributed by atoms with Gasteiger partial charge in [-0.05, 0) is 37.6 Å². The molecule has 0 fully saturated rings. The summed E-state index contributed by atoms with van der Waals surface area (Å²) in [6, 6.07) is 15.6. The van der Waals surface area contributed by atoms with Crippen LogP contribution in [-0.4, -0.2) is 22.1 Å². The van der Waals surface area contributed by atoms with E-state index in [2.05, 4.69) is 4.98 Å². The molecule has 5 aromatic rings. The Morgan fingerprint density at radius 2 is 1.83 bits per heavy atom. The third-order valence-corrected chi connectivity index (χ3v) is 6.95. The van der Waals surface area contributed by atoms with E-state index in [-0.39, 0.29) is 23.4 Å². The molecular formula is C27H21F3N2O3S. The van der Waals surface area contributed by atoms with Crippen LogP contribution in [0.3, 0.4) is 0 Å². The van der Waals surface area contributed by atoms with Gasteiger partial charge in [0.2, 0.25) is 0 Å². The number of carbonyl (C=O) groups is 1. The first-order valence-corrected chi connectivity index (χ1v) is 12.1. The van der Waals surface area contributed by atoms with E-state index in [0.717, 1.165) is 16.9 Å². The van der Waals surface area contributed by atoms with Crippen LogP contribution in [0, 0.1) is 24.4 Å². The molecule has 0 aliphatic heterocycles. The highest BCUT2D eigenvalue weighted by molar-refractivity contribution is 7.21. The van der Waals surface area contributed by atoms with Crippen LogP contribution in [0.2, 0.25) is 0 Å². The van der Waals surface area contributed by atoms with E-state index < -0.39 is 23.4 Å². The van der Waals surface area contributed by atoms with Gasteiger partial charge in [0.1, 0.15) is 35.2 Å². The van der Waals surface area contributed by atoms with E-state index >= 15 is 0 Å². The second-order valence-corrected chi connectivity index (χ2v) is 9.15. The largest absolute Gasteiger partial charge is 0.489 e. The van der Waals surface area contributed by atoms with Crippen molar-refractivity contribution in [3.8, 4) is 16.3 Å². The molecule has 184 valence electrons. The minimum Gasteiger partial charge on any atom is -0.489 e. The van der Waals surface area contributed by atoms with Crippen molar-refractivity contribution in [1.29, 1.82) is 0 Å². The fraction of sp³-hybridized carbons (Fsp3) is 0.185. The van der Waals surface area contributed by atoms with E-state index in [4.69, 9.17) is 9.47 Å². The molecule has 2 aromatic heterocycles. The van der Waals surface area contributed by atoms with Crippen LogP contribution in [0.25, 0.3) is 31.7 Å². The first-order chi connectivity index (χ1) is 17.4. The highest BCUT2D eigenvalue weighted by Gasteiger charge is 2.24. The molecule has 0 saturated heterocycles. The summed E-state index contributed by atoms with van der Waals surface area (Å²) in [5.41, 5.74) is 2.56. The Hall–Kier alpha value is -3.85. The molecule has 2 heterocycles. The standard InChI is InChI=1S/C27H21F3N2O3S/c1-3-34-22(33)13-32-15(2)23(27-31-25-24(30)19(28)12-20(29)26(25)36-27)18-11-17(9-10-21(18)32)35-14-16-7-5-4-6-8-16/h4-12H,3,13-14H2,1-2H3. The third-order valence-electron chi connectivity index (χ3n) is 5.86. The smallest absolute Gasteiger partial charge is 0.325 e. The summed E-state index contributed by atoms with van der Waals surface area (Å²) in [6.45, 7) is 4.05. The fourth-order valence-electron chi connectivity index (χ4n) is 4.19. The van der Waals surface area contributed by atoms with Gasteiger partial charge in [-0.3, -0.25) is 4.79 Å². The molecule has 0 radical (unpaired) electrons. The van der Waals surface area contributed by atoms with Crippen molar-refractivity contribution in [3.05, 3.63) is 83.3 Å². The van der Waals surface area contributed by atoms with E-state index in [1.807, 2.05) is 42.5 Å². The Morgan fingerprint density at radius 1 is 1.06 bits per heavy atom. The summed E-state index contributed by atoms with van der Waals surface area (Å²) >= 11 is 0.924. The van der Waals surface area contributed by atoms with Crippen molar-refractivity contribution >= 4 is 38.4 Å². The number of nitrogens with zero attached hydrogens (tertiary/aromatic N) is 2. The number of esters is 1. The van der Waals surface area contributed by atoms with Gasteiger partial charge in [-0.15, -0.1) is 11.3 Å². The predicted molar refractivity (Wildman–Crippen MR) is 133 cm³/mol. The van der Waals surface area contributed by atoms with E-state index in [1.165, 1.54) is 0 Å². The molecule has 36 heavy (non-hydrogen) atoms. The van der Waals surface area contributed by atoms with Gasteiger partial charge in [0.05, 0.1) is 11.3 Å². The summed E-state index contributed by atoms with van der Waals surface area (Å²) in [5.74, 6) is -3.22. The molecule has 5 rings (SSSR count). The Labute approximate surface area is 208 Å². The molecule has 0 amide bonds. The van der Waals surface area contributed by atoms with Gasteiger partial charge >= 0.3 is 5.97 Å². The van der Waals surface area contributed by atoms with Gasteiger partial charge in [0.15, 0.2) is 11.6 Å². The van der Waals surface area contributed by atoms with Crippen molar-refractivity contribution < 1.29 is 27.4 Å². The van der Waals surface area contributed by atoms with E-state index in [1.54, 1.807) is 24.5 Å². The lowest BCUT2D eigenvalue weighted by Gasteiger charge is -2.09. The lowest BCUT2D eigenvalue weighted by atomic mass is 10.1. The third kappa shape index (κ3) is 4.30. The summed E-state index contributed by atoms with van der Waals surface area (Å²) in [7, 11) is 0. The summed E-state index contributed by atoms with van der Waals surface area (Å²) in [5, 5.41) is 0.987. The zero-order chi connectivity index (χ0) is 25.4. The predicted octanol–water partition coefficient (Wildman–Crippen LogP) is 6.79. The van der Waals surface area contributed by atoms with Gasteiger partial charge < -0.3 is 14.0 Å². The quantitative estimate of drug-likeness (QED) is 0.179. The van der Waals surface area contributed by atoms with Crippen molar-refractivity contribution in [3.63, 3.8) is 0 Å². The van der Waals surface area contributed by atoms with Crippen LogP contribution in [0.5, 0.6) is 5.75 Å². The van der Waals surface area contributed by atoms with Gasteiger partial charge in [0, 0.05) is 28.2 Å². The van der Waals surface area contributed by atoms with Crippen LogP contribution in [0.4, 0.5) is 13.2 Å². The van der Waals surface area contributed by atoms with E-state index in [9.17, 15) is 18.0 Å². The Morgan fingerprint density at radius 3 is 2.58 bits per heavy atom. The topological polar surface area (TPSA) is 53.4 Å². The second kappa shape index (κ2) is 9.66. The second-order valence-electron chi connectivity index (χ2n) is 8.16. The normalized spacial score (nSPS) is 11.4. The number of halogens is 3. The van der Waals surface area contributed by atoms with Crippen LogP contribution >= 0.6 is 11.3 Å². The first-order valence-electron chi connectivity index (χ1n) is 11.3. The number of benzene rings is 3. The monoisotopic (exact) mass is 510 g/mol. The lowest BCUT2D eigenvalue weighted by Crippen LogP contribution is -2.14. The van der Waals surface area contributed by atoms with Crippen LogP contribution in [0.1, 0.15) is 18.2 Å². The molecule has 0 spiro atoms. The molecule has 0 saturated carbocycles. The number of carbonyl (C=O) groups excluding carboxylic acids is 1. The zero-order valence-corrected chi connectivity index (χ0v) is 20.3. The molecule has 5 nitrogen and oxygen atoms in total. The summed E-state index contributed by atoms with van der Waals surface area (Å²) < 4.78 is 55.5. The first kappa shape index (κ1) is 23.9. The van der Waals surface area contributed by atoms with Crippen molar-refractivity contribution in [2.24, 2.45) is 0 Å². The molecule has 3 aromatic carbocycles. The summed E-state index contributed by atoms with van der Waals surface area (Å²) in [4.78, 5) is 16.6. The number of fused-ring (bicyclic) bond motifs is 2. The number of hydrogen-bond donors (Lipinski definition) is 0. The van der Waals surface area contributed by atoms with Crippen molar-refractivity contribution in [2.75, 3.05) is 6.61 Å². The lowest BCUT2D eigenvalue weighted by molar-refractivity contribution is -0.143. The molecule has 0 aliphatic carbocycles. The van der Waals surface area contributed by atoms with Crippen LogP contribution in [0.15, 0.2) is 54.6 Å². The number of thiazole rings is 1. The number of rotatable bonds is 7. The zero-order valence-electron chi connectivity index (χ0n) is 19.5. The summed E-state index contributed by atoms with van der Waals surface area (Å²) in [6.07, 6.45) is 0. The van der Waals surface area contributed by atoms with Crippen LogP contribution in [-0.2, 0) is 22.7 Å². The Bertz CT molecular complexity index is 1600. The Balaban J connectivity index is 1.65. The number of ether oxygens (including phenoxy) is 2. The molecule has 0 bridgehead atoms. The minimum atomic E-state index is -1.30. The maximum absolute atomic E-state index is 14.4. The minimum absolute atomic E-state index is 0.0529. The molecule has 0 atom stereocenters. The Kier molecular flexibility index (Phi) is 6.40. The van der Waals surface area contributed by atoms with Gasteiger partial charge in [-0.25, -0.2) is 18.2 Å². The van der Waals surface area contributed by atoms with E-state index in [0.29, 0.717) is 45.6 Å². The highest BCUT2D eigenvalue weighted by Crippen LogP contribution is 2.41. The fourth-order valence-corrected chi connectivity index (χ4v) is 5.27. The maximum atomic E-state index is 14.4. The molecule has 0 unspecified atom stereocenters. The number of aromatic nitrogens is 2. The molecule has 0 N–H and O–H groups in total. The molecular weight excluding hydrogens is 489 g/mol. The van der Waals surface area contributed by atoms with Crippen molar-refractivity contribution in [2.45, 2.75) is 27.0 Å². The highest BCUT2D eigenvalue weighted by atomic mass is 32.1. The number of hydrogen-bond acceptors (Lipinski definition) is 5. The maximum Gasteiger partial charge on any atom is 0.325 e. The van der Waals surface area contributed by atoms with Gasteiger partial charge in [0.25, 0.3) is 0 Å². The molecule has 0 aliphatic rings. The SMILES string of the molecule is CCOC(=O)Cn1c(C)c(-c2nc3c(F)c(F)cc(F)c3s2)c2cc(OCc3ccccc3)ccc21. The average molecular weight is 511 g/mol. The van der Waals surface area contributed by atoms with Crippen LogP contribution < -0.4 is 4.74 Å². The molecule has 9 heteroatoms. The van der Waals surface area contributed by atoms with Gasteiger partial charge in [-0.2, -0.15) is 0 Å². The van der Waals surface area contributed by atoms with Gasteiger partial charge in [-0.1, -0.05) is 30.3 Å². The van der Waals surface area contributed by atoms with Crippen molar-refractivity contribution in [1.82, 2.24) is 9.55 Å².